The summed E-state index contributed by atoms with van der Waals surface area (Å²) < 4.78 is 0. The van der Waals surface area contributed by atoms with Gasteiger partial charge in [-0.25, -0.2) is 9.97 Å². The van der Waals surface area contributed by atoms with E-state index in [0.717, 1.165) is 0 Å². The number of nitrogens with two attached hydrogens (primary N) is 1. The minimum atomic E-state index is -0.0504. The van der Waals surface area contributed by atoms with Crippen LogP contribution in [-0.4, -0.2) is 16.3 Å². The fourth-order valence-corrected chi connectivity index (χ4v) is 1.02. The van der Waals surface area contributed by atoms with Crippen LogP contribution in [0.3, 0.4) is 0 Å². The summed E-state index contributed by atoms with van der Waals surface area (Å²) in [4.78, 5) is 17.3. The number of aldehydes is 1. The van der Waals surface area contributed by atoms with Crippen molar-refractivity contribution in [2.24, 2.45) is 0 Å². The van der Waals surface area contributed by atoms with Crippen molar-refractivity contribution in [2.75, 3.05) is 5.73 Å². The summed E-state index contributed by atoms with van der Waals surface area (Å²) in [6.07, 6.45) is 0.476. The van der Waals surface area contributed by atoms with Crippen molar-refractivity contribution in [3.05, 3.63) is 15.9 Å². The molecule has 0 aliphatic rings. The van der Waals surface area contributed by atoms with Gasteiger partial charge in [-0.15, -0.1) is 0 Å². The standard InChI is InChI=1S/C5H3Cl2N3O.2HI.V/c6-3-2(1-11)4(7)10-5(8)9-3;;;/h1H,(H2,8,9,10);2*1H;/q;;;+2/p-2. The Labute approximate surface area is 120 Å². The van der Waals surface area contributed by atoms with Gasteiger partial charge in [-0.05, 0) is 0 Å². The van der Waals surface area contributed by atoms with Crippen LogP contribution in [0.25, 0.3) is 0 Å². The van der Waals surface area contributed by atoms with E-state index in [1.165, 1.54) is 0 Å². The fourth-order valence-electron chi connectivity index (χ4n) is 0.529. The van der Waals surface area contributed by atoms with Crippen LogP contribution in [0, 0.1) is 0 Å². The van der Waals surface area contributed by atoms with Crippen LogP contribution in [0.4, 0.5) is 5.95 Å². The Balaban J connectivity index is 0.000000500. The average Bonchev–Trinajstić information content (AvgIpc) is 2.04. The van der Waals surface area contributed by atoms with Gasteiger partial charge in [0.05, 0.1) is 5.56 Å². The summed E-state index contributed by atoms with van der Waals surface area (Å²) in [6.45, 7) is 0. The minimum absolute atomic E-state index is 0.0301. The van der Waals surface area contributed by atoms with Crippen molar-refractivity contribution >= 4 is 75.4 Å². The summed E-state index contributed by atoms with van der Waals surface area (Å²) in [7, 11) is 0.628. The van der Waals surface area contributed by atoms with Crippen molar-refractivity contribution < 1.29 is 14.3 Å². The molecule has 9 heteroatoms. The van der Waals surface area contributed by atoms with E-state index in [1.807, 2.05) is 0 Å². The molecule has 1 rings (SSSR count). The molecule has 4 nitrogen and oxygen atoms in total. The first-order valence-electron chi connectivity index (χ1n) is 2.92. The van der Waals surface area contributed by atoms with Crippen LogP contribution < -0.4 is 5.73 Å². The van der Waals surface area contributed by atoms with E-state index in [-0.39, 0.29) is 21.8 Å². The molecule has 0 aliphatic carbocycles. The maximum absolute atomic E-state index is 10.3. The number of anilines is 1. The number of carbonyl (C=O) groups is 1. The SMILES string of the molecule is Nc1nc(Cl)c(C=O)c(Cl)n1.[I][V][I]. The first kappa shape index (κ1) is 15.2. The molecule has 0 spiro atoms. The number of carbonyl (C=O) groups excluding carboxylic acids is 1. The van der Waals surface area contributed by atoms with Gasteiger partial charge in [-0.2, -0.15) is 0 Å². The fraction of sp³-hybridized carbons (Fsp3) is 0. The molecule has 0 aliphatic heterocycles. The van der Waals surface area contributed by atoms with E-state index in [0.29, 0.717) is 15.8 Å². The third-order valence-electron chi connectivity index (χ3n) is 0.988. The molecule has 1 aromatic heterocycles. The van der Waals surface area contributed by atoms with Crippen LogP contribution in [-0.2, 0) is 9.47 Å². The molecule has 77 valence electrons. The van der Waals surface area contributed by atoms with E-state index >= 15 is 0 Å². The van der Waals surface area contributed by atoms with Crippen molar-refractivity contribution in [2.45, 2.75) is 0 Å². The van der Waals surface area contributed by atoms with Gasteiger partial charge in [0.25, 0.3) is 0 Å². The third kappa shape index (κ3) is 5.31. The van der Waals surface area contributed by atoms with Gasteiger partial charge in [0.15, 0.2) is 6.29 Å². The number of hydrogen-bond acceptors (Lipinski definition) is 4. The first-order chi connectivity index (χ1) is 6.56. The summed E-state index contributed by atoms with van der Waals surface area (Å²) in [5, 5.41) is -0.0602. The Hall–Kier alpha value is 1.17. The molecule has 0 unspecified atom stereocenters. The maximum atomic E-state index is 10.3. The van der Waals surface area contributed by atoms with E-state index in [2.05, 4.69) is 49.9 Å². The number of hydrogen-bond donors (Lipinski definition) is 1. The molecule has 14 heavy (non-hydrogen) atoms. The second-order valence-corrected chi connectivity index (χ2v) is 14.3. The monoisotopic (exact) mass is 496 g/mol. The molecule has 0 bridgehead atoms. The first-order valence-corrected chi connectivity index (χ1v) is 12.7. The number of aromatic nitrogens is 2. The topological polar surface area (TPSA) is 68.9 Å². The molecule has 0 amide bonds. The number of halogens is 4. The Bertz CT molecular complexity index is 305. The molecular formula is C5H3Cl2I2N3OV. The Morgan fingerprint density at radius 2 is 1.64 bits per heavy atom. The second-order valence-electron chi connectivity index (χ2n) is 1.76. The molecule has 0 aromatic carbocycles. The number of nitrogens with zero attached hydrogens (tertiary/aromatic N) is 2. The molecule has 0 saturated heterocycles. The molecule has 0 atom stereocenters. The van der Waals surface area contributed by atoms with Crippen LogP contribution in [0.1, 0.15) is 10.4 Å². The van der Waals surface area contributed by atoms with Gasteiger partial charge < -0.3 is 5.73 Å². The molecule has 2 N–H and O–H groups in total. The van der Waals surface area contributed by atoms with E-state index in [1.54, 1.807) is 0 Å². The number of nitrogen functional groups attached to an aromatic ring is 1. The summed E-state index contributed by atoms with van der Waals surface area (Å²) >= 11 is 15.7. The predicted octanol–water partition coefficient (Wildman–Crippen LogP) is 2.95. The van der Waals surface area contributed by atoms with E-state index in [9.17, 15) is 4.79 Å². The predicted molar refractivity (Wildman–Crippen MR) is 69.9 cm³/mol. The van der Waals surface area contributed by atoms with Crippen LogP contribution in [0.5, 0.6) is 0 Å². The van der Waals surface area contributed by atoms with E-state index < -0.39 is 0 Å². The van der Waals surface area contributed by atoms with Gasteiger partial charge >= 0.3 is 49.4 Å². The number of rotatable bonds is 1. The average molecular weight is 497 g/mol. The second kappa shape index (κ2) is 8.34. The quantitative estimate of drug-likeness (QED) is 0.369. The van der Waals surface area contributed by atoms with Gasteiger partial charge in [0.2, 0.25) is 5.95 Å². The normalized spacial score (nSPS) is 8.57. The van der Waals surface area contributed by atoms with Crippen LogP contribution >= 0.6 is 63.2 Å². The van der Waals surface area contributed by atoms with Crippen LogP contribution in [0.15, 0.2) is 0 Å². The van der Waals surface area contributed by atoms with Crippen molar-refractivity contribution in [3.63, 3.8) is 0 Å². The summed E-state index contributed by atoms with van der Waals surface area (Å²) in [6, 6.07) is 0. The van der Waals surface area contributed by atoms with Crippen molar-refractivity contribution in [1.29, 1.82) is 0 Å². The van der Waals surface area contributed by atoms with Gasteiger partial charge in [-0.1, -0.05) is 23.2 Å². The Morgan fingerprint density at radius 3 is 1.93 bits per heavy atom. The van der Waals surface area contributed by atoms with E-state index in [4.69, 9.17) is 28.9 Å². The van der Waals surface area contributed by atoms with Crippen LogP contribution in [0.2, 0.25) is 10.3 Å². The molecule has 0 saturated carbocycles. The molecular weight excluding hydrogens is 494 g/mol. The Morgan fingerprint density at radius 1 is 1.29 bits per heavy atom. The summed E-state index contributed by atoms with van der Waals surface area (Å²) in [5.41, 5.74) is 5.23. The molecule has 0 radical (unpaired) electrons. The zero-order valence-corrected chi connectivity index (χ0v) is 13.6. The molecule has 0 fully saturated rings. The van der Waals surface area contributed by atoms with Gasteiger partial charge in [0.1, 0.15) is 10.3 Å². The zero-order chi connectivity index (χ0) is 11.1. The summed E-state index contributed by atoms with van der Waals surface area (Å²) in [5.74, 6) is -0.0504. The van der Waals surface area contributed by atoms with Gasteiger partial charge in [0, 0.05) is 0 Å². The molecule has 1 heterocycles. The van der Waals surface area contributed by atoms with Gasteiger partial charge in [-0.3, -0.25) is 4.79 Å². The van der Waals surface area contributed by atoms with Crippen molar-refractivity contribution in [1.82, 2.24) is 9.97 Å². The molecule has 1 aromatic rings. The van der Waals surface area contributed by atoms with Crippen molar-refractivity contribution in [3.8, 4) is 0 Å². The third-order valence-corrected chi connectivity index (χ3v) is 1.56. The zero-order valence-electron chi connectivity index (χ0n) is 6.42. The Kier molecular flexibility index (Phi) is 9.04.